The molecule has 4 atom stereocenters. The number of aliphatic hydroxyl groups is 5. The van der Waals surface area contributed by atoms with Crippen molar-refractivity contribution in [3.63, 3.8) is 0 Å². The summed E-state index contributed by atoms with van der Waals surface area (Å²) in [6, 6.07) is 17.7. The van der Waals surface area contributed by atoms with E-state index in [4.69, 9.17) is 20.4 Å². The van der Waals surface area contributed by atoms with E-state index in [-0.39, 0.29) is 11.8 Å². The fraction of sp³-hybridized carbons (Fsp3) is 0.444. The quantitative estimate of drug-likeness (QED) is 0.314. The summed E-state index contributed by atoms with van der Waals surface area (Å²) >= 11 is 0. The Morgan fingerprint density at radius 2 is 1.58 bits per heavy atom. The number of hydrogen-bond acceptors (Lipinski definition) is 9. The Morgan fingerprint density at radius 3 is 2.11 bits per heavy atom. The molecule has 0 aliphatic carbocycles. The zero-order valence-corrected chi connectivity index (χ0v) is 20.3. The highest BCUT2D eigenvalue weighted by atomic mass is 16.6. The molecule has 0 amide bonds. The molecule has 6 N–H and O–H groups in total. The molecule has 4 unspecified atom stereocenters. The van der Waals surface area contributed by atoms with Crippen molar-refractivity contribution >= 4 is 5.97 Å². The van der Waals surface area contributed by atoms with Crippen LogP contribution in [0.4, 0.5) is 0 Å². The van der Waals surface area contributed by atoms with Crippen LogP contribution in [0.5, 0.6) is 5.75 Å². The van der Waals surface area contributed by atoms with Crippen LogP contribution in [0.2, 0.25) is 0 Å². The number of hydrogen-bond donors (Lipinski definition) is 6. The lowest BCUT2D eigenvalue weighted by molar-refractivity contribution is -0.147. The predicted octanol–water partition coefficient (Wildman–Crippen LogP) is 2.36. The molecule has 0 bridgehead atoms. The number of likely N-dealkylation sites (tertiary alicyclic amines) is 1. The Balaban J connectivity index is 0.000000253. The van der Waals surface area contributed by atoms with E-state index in [1.807, 2.05) is 0 Å². The normalized spacial score (nSPS) is 21.3. The number of carbonyl (C=O) groups excluding carboxylic acids is 1. The Kier molecular flexibility index (Phi) is 9.72. The molecule has 0 saturated carbocycles. The number of aliphatic hydroxyl groups excluding tert-OH is 5. The molecule has 2 aromatic rings. The Morgan fingerprint density at radius 1 is 0.972 bits per heavy atom. The van der Waals surface area contributed by atoms with Crippen molar-refractivity contribution in [2.75, 3.05) is 19.7 Å². The largest absolute Gasteiger partial charge is 0.508 e. The lowest BCUT2D eigenvalue weighted by Gasteiger charge is -2.38. The summed E-state index contributed by atoms with van der Waals surface area (Å²) in [5.74, 6) is -1.80. The molecule has 0 aromatic heterocycles. The summed E-state index contributed by atoms with van der Waals surface area (Å²) in [5, 5.41) is 55.0. The van der Waals surface area contributed by atoms with Gasteiger partial charge in [-0.3, -0.25) is 4.90 Å². The van der Waals surface area contributed by atoms with Crippen LogP contribution < -0.4 is 0 Å². The summed E-state index contributed by atoms with van der Waals surface area (Å²) < 4.78 is 4.32. The van der Waals surface area contributed by atoms with Crippen molar-refractivity contribution in [1.29, 1.82) is 0 Å². The molecule has 1 fully saturated rings. The zero-order valence-electron chi connectivity index (χ0n) is 20.3. The molecular weight excluding hydrogens is 466 g/mol. The highest BCUT2D eigenvalue weighted by molar-refractivity contribution is 5.89. The highest BCUT2D eigenvalue weighted by Crippen LogP contribution is 2.28. The lowest BCUT2D eigenvalue weighted by atomic mass is 9.89. The summed E-state index contributed by atoms with van der Waals surface area (Å²) in [6.07, 6.45) is 0.226. The second-order valence-corrected chi connectivity index (χ2v) is 9.26. The number of cyclic esters (lactones) is 1. The number of benzene rings is 2. The summed E-state index contributed by atoms with van der Waals surface area (Å²) in [4.78, 5) is 12.9. The molecule has 2 aromatic carbocycles. The number of ether oxygens (including phenoxy) is 1. The number of aromatic hydroxyl groups is 1. The third kappa shape index (κ3) is 6.98. The first-order valence-corrected chi connectivity index (χ1v) is 12.1. The van der Waals surface area contributed by atoms with Crippen LogP contribution in [0.15, 0.2) is 66.1 Å². The SMILES string of the molecule is CC(C(O)c1ccc(O)cc1)N1CCC(Cc2ccccc2)CC1.O=C1OC(C(O)CO)C(O)=C1O. The summed E-state index contributed by atoms with van der Waals surface area (Å²) in [6.45, 7) is 3.49. The van der Waals surface area contributed by atoms with Crippen LogP contribution >= 0.6 is 0 Å². The lowest BCUT2D eigenvalue weighted by Crippen LogP contribution is -2.43. The Bertz CT molecular complexity index is 1000. The maximum atomic E-state index is 10.6. The van der Waals surface area contributed by atoms with Gasteiger partial charge in [-0.15, -0.1) is 0 Å². The van der Waals surface area contributed by atoms with Gasteiger partial charge in [-0.05, 0) is 68.5 Å². The fourth-order valence-electron chi connectivity index (χ4n) is 4.48. The molecule has 1 saturated heterocycles. The summed E-state index contributed by atoms with van der Waals surface area (Å²) in [5.41, 5.74) is 2.29. The van der Waals surface area contributed by atoms with Crippen molar-refractivity contribution in [1.82, 2.24) is 4.90 Å². The average Bonchev–Trinajstić information content (AvgIpc) is 3.16. The standard InChI is InChI=1S/C21H27NO2.C6H8O6/c1-16(21(24)19-7-9-20(23)10-8-19)22-13-11-18(12-14-22)15-17-5-3-2-4-6-17;7-1-2(8)5-3(9)4(10)6(11)12-5/h2-10,16,18,21,23-24H,11-15H2,1H3;2,5,7-10H,1H2. The predicted molar refractivity (Wildman–Crippen MR) is 132 cm³/mol. The minimum absolute atomic E-state index is 0.0900. The molecule has 4 rings (SSSR count). The van der Waals surface area contributed by atoms with Gasteiger partial charge in [0.2, 0.25) is 5.76 Å². The van der Waals surface area contributed by atoms with E-state index in [0.29, 0.717) is 0 Å². The van der Waals surface area contributed by atoms with Crippen molar-refractivity contribution in [2.45, 2.75) is 50.5 Å². The van der Waals surface area contributed by atoms with E-state index in [0.717, 1.165) is 31.0 Å². The Hall–Kier alpha value is -3.11. The number of carbonyl (C=O) groups is 1. The maximum Gasteiger partial charge on any atom is 0.377 e. The third-order valence-electron chi connectivity index (χ3n) is 6.76. The number of phenolic OH excluding ortho intramolecular Hbond substituents is 1. The molecule has 2 aliphatic rings. The number of phenols is 1. The van der Waals surface area contributed by atoms with Gasteiger partial charge in [0.15, 0.2) is 11.9 Å². The van der Waals surface area contributed by atoms with E-state index in [1.165, 1.54) is 18.4 Å². The van der Waals surface area contributed by atoms with Crippen LogP contribution in [-0.2, 0) is 16.0 Å². The van der Waals surface area contributed by atoms with Crippen LogP contribution in [0.1, 0.15) is 37.0 Å². The van der Waals surface area contributed by atoms with E-state index >= 15 is 0 Å². The monoisotopic (exact) mass is 501 g/mol. The van der Waals surface area contributed by atoms with Crippen LogP contribution in [0.25, 0.3) is 0 Å². The molecule has 196 valence electrons. The van der Waals surface area contributed by atoms with Gasteiger partial charge in [0.05, 0.1) is 12.7 Å². The van der Waals surface area contributed by atoms with Gasteiger partial charge in [0.1, 0.15) is 11.9 Å². The van der Waals surface area contributed by atoms with Gasteiger partial charge >= 0.3 is 5.97 Å². The second kappa shape index (κ2) is 12.7. The zero-order chi connectivity index (χ0) is 26.2. The van der Waals surface area contributed by atoms with Crippen molar-refractivity contribution in [3.8, 4) is 5.75 Å². The smallest absolute Gasteiger partial charge is 0.377 e. The number of piperidine rings is 1. The molecule has 0 radical (unpaired) electrons. The fourth-order valence-corrected chi connectivity index (χ4v) is 4.48. The van der Waals surface area contributed by atoms with E-state index < -0.39 is 42.4 Å². The summed E-state index contributed by atoms with van der Waals surface area (Å²) in [7, 11) is 0. The molecule has 36 heavy (non-hydrogen) atoms. The van der Waals surface area contributed by atoms with Gasteiger partial charge in [0.25, 0.3) is 0 Å². The molecule has 0 spiro atoms. The van der Waals surface area contributed by atoms with Gasteiger partial charge in [-0.2, -0.15) is 0 Å². The third-order valence-corrected chi connectivity index (χ3v) is 6.76. The number of rotatable bonds is 7. The van der Waals surface area contributed by atoms with Gasteiger partial charge in [-0.1, -0.05) is 42.5 Å². The number of esters is 1. The minimum atomic E-state index is -1.42. The molecule has 9 heteroatoms. The molecule has 9 nitrogen and oxygen atoms in total. The minimum Gasteiger partial charge on any atom is -0.508 e. The first-order chi connectivity index (χ1) is 17.2. The first-order valence-electron chi connectivity index (χ1n) is 12.1. The van der Waals surface area contributed by atoms with Crippen molar-refractivity contribution in [2.24, 2.45) is 5.92 Å². The molecule has 2 aliphatic heterocycles. The highest BCUT2D eigenvalue weighted by Gasteiger charge is 2.38. The number of nitrogens with zero attached hydrogens (tertiary/aromatic N) is 1. The topological polar surface area (TPSA) is 151 Å². The second-order valence-electron chi connectivity index (χ2n) is 9.26. The maximum absolute atomic E-state index is 10.6. The van der Waals surface area contributed by atoms with E-state index in [9.17, 15) is 15.0 Å². The van der Waals surface area contributed by atoms with Gasteiger partial charge in [0, 0.05) is 6.04 Å². The van der Waals surface area contributed by atoms with Crippen molar-refractivity contribution < 1.29 is 40.2 Å². The Labute approximate surface area is 210 Å². The van der Waals surface area contributed by atoms with E-state index in [1.54, 1.807) is 24.3 Å². The van der Waals surface area contributed by atoms with Gasteiger partial charge in [-0.25, -0.2) is 4.79 Å². The van der Waals surface area contributed by atoms with E-state index in [2.05, 4.69) is 46.9 Å². The first kappa shape index (κ1) is 27.5. The van der Waals surface area contributed by atoms with Crippen LogP contribution in [-0.4, -0.2) is 79.5 Å². The van der Waals surface area contributed by atoms with Crippen LogP contribution in [0.3, 0.4) is 0 Å². The molecule has 2 heterocycles. The van der Waals surface area contributed by atoms with Crippen LogP contribution in [0, 0.1) is 5.92 Å². The molecular formula is C27H35NO8. The van der Waals surface area contributed by atoms with Crippen molar-refractivity contribution in [3.05, 3.63) is 77.2 Å². The average molecular weight is 502 g/mol. The van der Waals surface area contributed by atoms with Gasteiger partial charge < -0.3 is 35.4 Å².